The predicted octanol–water partition coefficient (Wildman–Crippen LogP) is 0.673. The maximum Gasteiger partial charge on any atom is 0.245 e. The minimum absolute atomic E-state index is 0.129. The van der Waals surface area contributed by atoms with Crippen molar-refractivity contribution in [2.24, 2.45) is 0 Å². The third-order valence-corrected chi connectivity index (χ3v) is 4.63. The monoisotopic (exact) mass is 315 g/mol. The Kier molecular flexibility index (Phi) is 3.51. The first kappa shape index (κ1) is 14.2. The van der Waals surface area contributed by atoms with Crippen LogP contribution in [0.3, 0.4) is 0 Å². The molecular weight excluding hydrogens is 294 g/mol. The van der Waals surface area contributed by atoms with Crippen LogP contribution >= 0.6 is 0 Å². The van der Waals surface area contributed by atoms with Gasteiger partial charge in [0.15, 0.2) is 5.82 Å². The molecule has 0 aromatic carbocycles. The van der Waals surface area contributed by atoms with E-state index in [4.69, 9.17) is 0 Å². The highest BCUT2D eigenvalue weighted by Gasteiger charge is 2.22. The van der Waals surface area contributed by atoms with E-state index >= 15 is 0 Å². The zero-order chi connectivity index (χ0) is 15.8. The lowest BCUT2D eigenvalue weighted by Crippen LogP contribution is -2.48. The second-order valence-corrected chi connectivity index (χ2v) is 6.17. The molecule has 2 aliphatic rings. The summed E-state index contributed by atoms with van der Waals surface area (Å²) in [5, 5.41) is 7.33. The number of hydrogen-bond donors (Lipinski definition) is 1. The van der Waals surface area contributed by atoms with E-state index in [-0.39, 0.29) is 5.91 Å². The number of amides is 1. The van der Waals surface area contributed by atoms with E-state index < -0.39 is 0 Å². The first-order valence-corrected chi connectivity index (χ1v) is 8.20. The van der Waals surface area contributed by atoms with Gasteiger partial charge in [-0.2, -0.15) is 4.98 Å². The quantitative estimate of drug-likeness (QED) is 0.881. The molecule has 0 aliphatic carbocycles. The molecule has 1 saturated heterocycles. The molecule has 8 heteroatoms. The number of rotatable bonds is 2. The predicted molar refractivity (Wildman–Crippen MR) is 85.0 cm³/mol. The largest absolute Gasteiger partial charge is 0.339 e. The fourth-order valence-electron chi connectivity index (χ4n) is 3.26. The molecule has 23 heavy (non-hydrogen) atoms. The molecule has 2 aromatic heterocycles. The number of anilines is 1. The van der Waals surface area contributed by atoms with Crippen molar-refractivity contribution < 1.29 is 4.79 Å². The number of hydrogen-bond acceptors (Lipinski definition) is 5. The van der Waals surface area contributed by atoms with Gasteiger partial charge in [0.1, 0.15) is 11.5 Å². The van der Waals surface area contributed by atoms with E-state index in [1.807, 2.05) is 4.90 Å². The molecule has 0 bridgehead atoms. The van der Waals surface area contributed by atoms with Crippen molar-refractivity contribution in [2.75, 3.05) is 31.1 Å². The van der Waals surface area contributed by atoms with Crippen molar-refractivity contribution in [3.63, 3.8) is 0 Å². The summed E-state index contributed by atoms with van der Waals surface area (Å²) in [4.78, 5) is 24.6. The normalized spacial score (nSPS) is 18.1. The molecule has 2 aliphatic heterocycles. The van der Waals surface area contributed by atoms with Crippen LogP contribution < -0.4 is 4.90 Å². The Bertz CT molecular complexity index is 688. The molecule has 4 rings (SSSR count). The lowest BCUT2D eigenvalue weighted by molar-refractivity contribution is -0.129. The number of H-pyrrole nitrogens is 1. The van der Waals surface area contributed by atoms with Gasteiger partial charge in [-0.3, -0.25) is 9.89 Å². The van der Waals surface area contributed by atoms with Gasteiger partial charge < -0.3 is 14.4 Å². The summed E-state index contributed by atoms with van der Waals surface area (Å²) in [5.41, 5.74) is 0.864. The smallest absolute Gasteiger partial charge is 0.245 e. The molecule has 2 aromatic rings. The Hall–Kier alpha value is -2.38. The van der Waals surface area contributed by atoms with Crippen LogP contribution in [-0.4, -0.2) is 61.7 Å². The van der Waals surface area contributed by atoms with Crippen LogP contribution in [0.5, 0.6) is 0 Å². The third-order valence-electron chi connectivity index (χ3n) is 4.63. The van der Waals surface area contributed by atoms with Gasteiger partial charge in [0.2, 0.25) is 11.9 Å². The van der Waals surface area contributed by atoms with E-state index in [1.54, 1.807) is 6.92 Å². The van der Waals surface area contributed by atoms with E-state index in [9.17, 15) is 4.79 Å². The van der Waals surface area contributed by atoms with Crippen molar-refractivity contribution in [1.82, 2.24) is 29.6 Å². The molecule has 1 fully saturated rings. The van der Waals surface area contributed by atoms with E-state index in [0.717, 1.165) is 56.5 Å². The summed E-state index contributed by atoms with van der Waals surface area (Å²) in [5.74, 6) is 2.67. The van der Waals surface area contributed by atoms with Crippen molar-refractivity contribution >= 4 is 11.9 Å². The Morgan fingerprint density at radius 2 is 1.96 bits per heavy atom. The average molecular weight is 315 g/mol. The van der Waals surface area contributed by atoms with Gasteiger partial charge in [-0.1, -0.05) is 0 Å². The first-order valence-electron chi connectivity index (χ1n) is 8.20. The minimum Gasteiger partial charge on any atom is -0.339 e. The fourth-order valence-corrected chi connectivity index (χ4v) is 3.26. The van der Waals surface area contributed by atoms with Gasteiger partial charge in [0.05, 0.1) is 0 Å². The van der Waals surface area contributed by atoms with Crippen molar-refractivity contribution in [3.8, 4) is 11.5 Å². The Morgan fingerprint density at radius 1 is 1.13 bits per heavy atom. The SMILES string of the molecule is CC(=O)N1CCN(c2n[nH]c(-c3cn4c(n3)CCCC4)n2)CC1. The number of carbonyl (C=O) groups excluding carboxylic acids is 1. The van der Waals surface area contributed by atoms with Gasteiger partial charge in [-0.25, -0.2) is 4.98 Å². The molecule has 0 unspecified atom stereocenters. The second kappa shape index (κ2) is 5.68. The summed E-state index contributed by atoms with van der Waals surface area (Å²) in [6.45, 7) is 5.61. The Balaban J connectivity index is 1.49. The zero-order valence-corrected chi connectivity index (χ0v) is 13.3. The van der Waals surface area contributed by atoms with Gasteiger partial charge in [-0.05, 0) is 12.8 Å². The molecule has 0 atom stereocenters. The van der Waals surface area contributed by atoms with Crippen molar-refractivity contribution in [3.05, 3.63) is 12.0 Å². The van der Waals surface area contributed by atoms with Crippen LogP contribution in [0.4, 0.5) is 5.95 Å². The van der Waals surface area contributed by atoms with Crippen molar-refractivity contribution in [2.45, 2.75) is 32.7 Å². The van der Waals surface area contributed by atoms with E-state index in [1.165, 1.54) is 12.8 Å². The van der Waals surface area contributed by atoms with Crippen LogP contribution in [0.15, 0.2) is 6.20 Å². The molecular formula is C15H21N7O. The van der Waals surface area contributed by atoms with Crippen LogP contribution in [0.2, 0.25) is 0 Å². The summed E-state index contributed by atoms with van der Waals surface area (Å²) in [7, 11) is 0. The summed E-state index contributed by atoms with van der Waals surface area (Å²) in [6.07, 6.45) is 5.52. The Morgan fingerprint density at radius 3 is 2.70 bits per heavy atom. The topological polar surface area (TPSA) is 82.9 Å². The lowest BCUT2D eigenvalue weighted by atomic mass is 10.2. The van der Waals surface area contributed by atoms with Gasteiger partial charge in [0.25, 0.3) is 0 Å². The van der Waals surface area contributed by atoms with E-state index in [2.05, 4.69) is 35.8 Å². The number of nitrogens with one attached hydrogen (secondary N) is 1. The molecule has 1 amide bonds. The number of aromatic amines is 1. The molecule has 8 nitrogen and oxygen atoms in total. The number of fused-ring (bicyclic) bond motifs is 1. The van der Waals surface area contributed by atoms with Crippen LogP contribution in [-0.2, 0) is 17.8 Å². The molecule has 0 spiro atoms. The maximum absolute atomic E-state index is 11.4. The number of carbonyl (C=O) groups is 1. The summed E-state index contributed by atoms with van der Waals surface area (Å²) < 4.78 is 2.21. The first-order chi connectivity index (χ1) is 11.2. The van der Waals surface area contributed by atoms with Crippen molar-refractivity contribution in [1.29, 1.82) is 0 Å². The standard InChI is InChI=1S/C15H21N7O/c1-11(23)20-6-8-21(9-7-20)15-17-14(18-19-15)12-10-22-5-3-2-4-13(22)16-12/h10H,2-9H2,1H3,(H,17,18,19). The number of imidazole rings is 1. The minimum atomic E-state index is 0.129. The highest BCUT2D eigenvalue weighted by molar-refractivity contribution is 5.73. The fraction of sp³-hybridized carbons (Fsp3) is 0.600. The summed E-state index contributed by atoms with van der Waals surface area (Å²) >= 11 is 0. The number of nitrogens with zero attached hydrogens (tertiary/aromatic N) is 6. The lowest BCUT2D eigenvalue weighted by Gasteiger charge is -2.33. The Labute approximate surface area is 134 Å². The molecule has 0 radical (unpaired) electrons. The molecule has 4 heterocycles. The van der Waals surface area contributed by atoms with Crippen LogP contribution in [0.1, 0.15) is 25.6 Å². The second-order valence-electron chi connectivity index (χ2n) is 6.17. The van der Waals surface area contributed by atoms with Gasteiger partial charge >= 0.3 is 0 Å². The molecule has 1 N–H and O–H groups in total. The maximum atomic E-state index is 11.4. The zero-order valence-electron chi connectivity index (χ0n) is 13.3. The highest BCUT2D eigenvalue weighted by Crippen LogP contribution is 2.21. The van der Waals surface area contributed by atoms with Gasteiger partial charge in [0, 0.05) is 52.3 Å². The van der Waals surface area contributed by atoms with E-state index in [0.29, 0.717) is 5.95 Å². The van der Waals surface area contributed by atoms with Crippen LogP contribution in [0, 0.1) is 0 Å². The summed E-state index contributed by atoms with van der Waals surface area (Å²) in [6, 6.07) is 0. The van der Waals surface area contributed by atoms with Crippen LogP contribution in [0.25, 0.3) is 11.5 Å². The number of aryl methyl sites for hydroxylation is 2. The highest BCUT2D eigenvalue weighted by atomic mass is 16.2. The number of piperazine rings is 1. The molecule has 0 saturated carbocycles. The molecule has 122 valence electrons. The number of aromatic nitrogens is 5. The average Bonchev–Trinajstić information content (AvgIpc) is 3.21. The van der Waals surface area contributed by atoms with Gasteiger partial charge in [-0.15, -0.1) is 5.10 Å². The third kappa shape index (κ3) is 2.69.